The number of nitrogens with two attached hydrogens (primary N) is 1. The van der Waals surface area contributed by atoms with Crippen molar-refractivity contribution in [3.05, 3.63) is 88.1 Å². The summed E-state index contributed by atoms with van der Waals surface area (Å²) < 4.78 is 7.72. The van der Waals surface area contributed by atoms with Crippen molar-refractivity contribution in [1.82, 2.24) is 40.4 Å². The highest BCUT2D eigenvalue weighted by Crippen LogP contribution is 2.33. The smallest absolute Gasteiger partial charge is 0.309 e. The van der Waals surface area contributed by atoms with Gasteiger partial charge in [0.25, 0.3) is 5.91 Å². The summed E-state index contributed by atoms with van der Waals surface area (Å²) in [6.07, 6.45) is 6.98. The normalized spacial score (nSPS) is 16.6. The summed E-state index contributed by atoms with van der Waals surface area (Å²) in [5, 5.41) is 26.9. The molecule has 2 aromatic carbocycles. The van der Waals surface area contributed by atoms with Crippen LogP contribution in [0.25, 0.3) is 5.69 Å². The number of benzene rings is 2. The molecule has 5 rings (SSSR count). The van der Waals surface area contributed by atoms with Crippen molar-refractivity contribution in [2.75, 3.05) is 25.9 Å². The van der Waals surface area contributed by atoms with Crippen molar-refractivity contribution < 1.29 is 33.8 Å². The highest BCUT2D eigenvalue weighted by Gasteiger charge is 2.39. The molecule has 0 bridgehead atoms. The zero-order valence-corrected chi connectivity index (χ0v) is 41.3. The van der Waals surface area contributed by atoms with Gasteiger partial charge in [0.1, 0.15) is 16.7 Å². The Kier molecular flexibility index (Phi) is 19.0. The number of aliphatic carboxylic acids is 1. The SMILES string of the molecule is CCC(C)C(NC(=O)[C@H]1CCCCN1C)C(=O)N(CCCCc1cn(-c2ccccc2)nn1)C(CC(OC(C)=O)c1nc(C(=O)NC(Cc2ccc(N)cc2)CC(C)(C)C(=O)O)cs1)C(C)C. The Morgan fingerprint density at radius 3 is 2.37 bits per heavy atom. The number of likely N-dealkylation sites (tertiary alicyclic amines) is 1. The van der Waals surface area contributed by atoms with E-state index in [0.29, 0.717) is 49.3 Å². The largest absolute Gasteiger partial charge is 0.481 e. The average molecular weight is 942 g/mol. The number of para-hydroxylation sites is 1. The van der Waals surface area contributed by atoms with Gasteiger partial charge in [0.15, 0.2) is 6.10 Å². The third-order valence-electron chi connectivity index (χ3n) is 12.9. The second-order valence-electron chi connectivity index (χ2n) is 19.1. The van der Waals surface area contributed by atoms with Crippen molar-refractivity contribution in [3.8, 4) is 5.69 Å². The Balaban J connectivity index is 1.41. The minimum absolute atomic E-state index is 0.0954. The van der Waals surface area contributed by atoms with E-state index in [-0.39, 0.29) is 48.2 Å². The number of carboxylic acid groups (broad SMARTS) is 1. The molecule has 2 aromatic heterocycles. The van der Waals surface area contributed by atoms with Gasteiger partial charge in [-0.15, -0.1) is 16.4 Å². The molecule has 16 nitrogen and oxygen atoms in total. The first-order valence-corrected chi connectivity index (χ1v) is 24.5. The molecule has 5 unspecified atom stereocenters. The van der Waals surface area contributed by atoms with Crippen molar-refractivity contribution >= 4 is 46.7 Å². The molecule has 5 N–H and O–H groups in total. The number of likely N-dealkylation sites (N-methyl/N-ethyl adjacent to an activating group) is 1. The van der Waals surface area contributed by atoms with Crippen LogP contribution in [0.5, 0.6) is 0 Å². The first-order chi connectivity index (χ1) is 31.9. The molecule has 1 saturated heterocycles. The van der Waals surface area contributed by atoms with E-state index in [0.717, 1.165) is 42.8 Å². The fourth-order valence-corrected chi connectivity index (χ4v) is 9.50. The minimum Gasteiger partial charge on any atom is -0.481 e. The summed E-state index contributed by atoms with van der Waals surface area (Å²) in [5.74, 6) is -2.69. The Morgan fingerprint density at radius 2 is 1.73 bits per heavy atom. The molecule has 1 aliphatic heterocycles. The number of piperidine rings is 1. The summed E-state index contributed by atoms with van der Waals surface area (Å²) in [4.78, 5) is 76.6. The van der Waals surface area contributed by atoms with Gasteiger partial charge in [-0.3, -0.25) is 28.9 Å². The maximum absolute atomic E-state index is 15.2. The molecule has 6 atom stereocenters. The topological polar surface area (TPSA) is 215 Å². The zero-order valence-electron chi connectivity index (χ0n) is 40.4. The molecule has 0 saturated carbocycles. The fraction of sp³-hybridized carbons (Fsp3) is 0.560. The number of nitrogen functional groups attached to an aromatic ring is 1. The summed E-state index contributed by atoms with van der Waals surface area (Å²) in [6, 6.07) is 14.8. The van der Waals surface area contributed by atoms with Gasteiger partial charge < -0.3 is 31.1 Å². The Bertz CT molecular complexity index is 2250. The van der Waals surface area contributed by atoms with E-state index in [1.54, 1.807) is 36.0 Å². The standard InChI is InChI=1S/C50H71N9O7S/c1-9-33(4)44(54-46(62)41-20-14-15-25-57(41)8)48(63)58(26-16-13-17-37-30-59(56-55-37)39-18-11-10-12-19-39)42(32(2)3)28-43(66-34(5)60)47-53-40(31-67-47)45(61)52-38(29-50(6,7)49(64)65)27-35-21-23-36(51)24-22-35/h10-12,18-19,21-24,30-33,38,41-44H,9,13-17,20,25-29,51H2,1-8H3,(H,52,61)(H,54,62)(H,64,65)/t33?,38?,41-,42?,43?,44?/m1/s1. The Morgan fingerprint density at radius 1 is 1.01 bits per heavy atom. The van der Waals surface area contributed by atoms with Gasteiger partial charge in [0.2, 0.25) is 11.8 Å². The number of hydrogen-bond donors (Lipinski definition) is 4. The van der Waals surface area contributed by atoms with Crippen molar-refractivity contribution in [3.63, 3.8) is 0 Å². The number of anilines is 1. The minimum atomic E-state index is -1.14. The zero-order chi connectivity index (χ0) is 48.8. The first-order valence-electron chi connectivity index (χ1n) is 23.7. The van der Waals surface area contributed by atoms with E-state index < -0.39 is 47.5 Å². The number of rotatable bonds is 24. The summed E-state index contributed by atoms with van der Waals surface area (Å²) in [5.41, 5.74) is 8.06. The number of esters is 1. The Hall–Kier alpha value is -5.68. The number of ether oxygens (including phenoxy) is 1. The maximum Gasteiger partial charge on any atom is 0.309 e. The van der Waals surface area contributed by atoms with Crippen LogP contribution in [-0.4, -0.2) is 109 Å². The molecule has 1 fully saturated rings. The van der Waals surface area contributed by atoms with Crippen LogP contribution in [0.2, 0.25) is 0 Å². The lowest BCUT2D eigenvalue weighted by Gasteiger charge is -2.40. The molecule has 0 spiro atoms. The second-order valence-corrected chi connectivity index (χ2v) is 20.0. The predicted molar refractivity (Wildman–Crippen MR) is 259 cm³/mol. The van der Waals surface area contributed by atoms with Crippen LogP contribution in [0.1, 0.15) is 133 Å². The van der Waals surface area contributed by atoms with E-state index in [4.69, 9.17) is 15.5 Å². The number of nitrogens with zero attached hydrogens (tertiary/aromatic N) is 6. The molecule has 364 valence electrons. The van der Waals surface area contributed by atoms with E-state index in [9.17, 15) is 24.3 Å². The van der Waals surface area contributed by atoms with Gasteiger partial charge in [-0.2, -0.15) is 0 Å². The summed E-state index contributed by atoms with van der Waals surface area (Å²) in [7, 11) is 1.95. The average Bonchev–Trinajstić information content (AvgIpc) is 3.99. The highest BCUT2D eigenvalue weighted by atomic mass is 32.1. The molecule has 3 amide bonds. The molecule has 3 heterocycles. The maximum atomic E-state index is 15.2. The number of hydrogen-bond acceptors (Lipinski definition) is 12. The van der Waals surface area contributed by atoms with Crippen LogP contribution in [0.3, 0.4) is 0 Å². The lowest BCUT2D eigenvalue weighted by molar-refractivity contribution is -0.150. The van der Waals surface area contributed by atoms with Crippen molar-refractivity contribution in [2.24, 2.45) is 17.3 Å². The van der Waals surface area contributed by atoms with Crippen LogP contribution in [0.4, 0.5) is 5.69 Å². The molecule has 4 aromatic rings. The van der Waals surface area contributed by atoms with Gasteiger partial charge >= 0.3 is 11.9 Å². The van der Waals surface area contributed by atoms with Crippen molar-refractivity contribution in [2.45, 2.75) is 143 Å². The number of unbranched alkanes of at least 4 members (excludes halogenated alkanes) is 1. The lowest BCUT2D eigenvalue weighted by Crippen LogP contribution is -2.59. The monoisotopic (exact) mass is 942 g/mol. The number of aryl methyl sites for hydroxylation is 1. The molecular formula is C50H71N9O7S. The lowest BCUT2D eigenvalue weighted by atomic mass is 9.84. The number of nitrogens with one attached hydrogen (secondary N) is 2. The van der Waals surface area contributed by atoms with Gasteiger partial charge in [0.05, 0.1) is 29.0 Å². The number of carboxylic acids is 1. The number of carbonyl (C=O) groups excluding carboxylic acids is 4. The van der Waals surface area contributed by atoms with Crippen LogP contribution >= 0.6 is 11.3 Å². The van der Waals surface area contributed by atoms with Gasteiger partial charge in [-0.05, 0) is 114 Å². The molecule has 67 heavy (non-hydrogen) atoms. The molecule has 1 aliphatic rings. The Labute approximate surface area is 399 Å². The molecule has 0 aliphatic carbocycles. The second kappa shape index (κ2) is 24.4. The van der Waals surface area contributed by atoms with E-state index in [1.165, 1.54) is 18.3 Å². The summed E-state index contributed by atoms with van der Waals surface area (Å²) >= 11 is 1.17. The van der Waals surface area contributed by atoms with Crippen LogP contribution in [0.15, 0.2) is 66.2 Å². The molecule has 17 heteroatoms. The number of thiazole rings is 1. The third kappa shape index (κ3) is 14.9. The van der Waals surface area contributed by atoms with E-state index in [2.05, 4.69) is 25.8 Å². The molecule has 0 radical (unpaired) electrons. The van der Waals surface area contributed by atoms with Gasteiger partial charge in [-0.25, -0.2) is 9.67 Å². The first kappa shape index (κ1) is 52.3. The van der Waals surface area contributed by atoms with Crippen LogP contribution in [-0.2, 0) is 36.8 Å². The number of carbonyl (C=O) groups is 5. The quantitative estimate of drug-likeness (QED) is 0.0317. The fourth-order valence-electron chi connectivity index (χ4n) is 8.66. The number of amides is 3. The molecular weight excluding hydrogens is 871 g/mol. The van der Waals surface area contributed by atoms with Gasteiger partial charge in [0, 0.05) is 43.0 Å². The van der Waals surface area contributed by atoms with Gasteiger partial charge in [-0.1, -0.05) is 76.1 Å². The predicted octanol–water partition coefficient (Wildman–Crippen LogP) is 7.03. The summed E-state index contributed by atoms with van der Waals surface area (Å²) in [6.45, 7) is 13.8. The van der Waals surface area contributed by atoms with E-state index >= 15 is 4.79 Å². The van der Waals surface area contributed by atoms with Crippen molar-refractivity contribution in [1.29, 1.82) is 0 Å². The van der Waals surface area contributed by atoms with E-state index in [1.807, 2.05) is 88.3 Å². The van der Waals surface area contributed by atoms with Crippen LogP contribution in [0, 0.1) is 17.3 Å². The van der Waals surface area contributed by atoms with Crippen LogP contribution < -0.4 is 16.4 Å². The third-order valence-corrected chi connectivity index (χ3v) is 13.8. The highest BCUT2D eigenvalue weighted by molar-refractivity contribution is 7.09. The number of aromatic nitrogens is 4.